The van der Waals surface area contributed by atoms with Crippen molar-refractivity contribution in [2.75, 3.05) is 11.9 Å². The highest BCUT2D eigenvalue weighted by Gasteiger charge is 2.16. The summed E-state index contributed by atoms with van der Waals surface area (Å²) in [5.41, 5.74) is 0.682. The van der Waals surface area contributed by atoms with Gasteiger partial charge in [0.1, 0.15) is 11.9 Å². The molecule has 1 aromatic rings. The summed E-state index contributed by atoms with van der Waals surface area (Å²) >= 11 is 0. The van der Waals surface area contributed by atoms with Gasteiger partial charge in [-0.25, -0.2) is 9.18 Å². The van der Waals surface area contributed by atoms with Gasteiger partial charge in [-0.15, -0.1) is 0 Å². The lowest BCUT2D eigenvalue weighted by atomic mass is 10.2. The van der Waals surface area contributed by atoms with Gasteiger partial charge in [0.2, 0.25) is 0 Å². The quantitative estimate of drug-likeness (QED) is 0.802. The molecule has 3 nitrogen and oxygen atoms in total. The SMILES string of the molecule is C[C@@H](C(=O)O)N(C)c1ccc(F)cc1. The summed E-state index contributed by atoms with van der Waals surface area (Å²) in [5.74, 6) is -1.23. The number of nitrogens with zero attached hydrogens (tertiary/aromatic N) is 1. The summed E-state index contributed by atoms with van der Waals surface area (Å²) < 4.78 is 12.6. The van der Waals surface area contributed by atoms with Crippen LogP contribution in [0.3, 0.4) is 0 Å². The Morgan fingerprint density at radius 2 is 1.93 bits per heavy atom. The molecule has 0 bridgehead atoms. The molecule has 0 saturated heterocycles. The molecule has 0 aliphatic heterocycles. The van der Waals surface area contributed by atoms with Gasteiger partial charge in [-0.3, -0.25) is 0 Å². The highest BCUT2D eigenvalue weighted by molar-refractivity contribution is 5.77. The van der Waals surface area contributed by atoms with E-state index >= 15 is 0 Å². The molecule has 0 aliphatic rings. The highest BCUT2D eigenvalue weighted by atomic mass is 19.1. The molecule has 0 heterocycles. The number of hydrogen-bond donors (Lipinski definition) is 1. The Labute approximate surface area is 81.8 Å². The fourth-order valence-electron chi connectivity index (χ4n) is 1.07. The predicted octanol–water partition coefficient (Wildman–Crippen LogP) is 1.74. The van der Waals surface area contributed by atoms with Crippen LogP contribution in [0.4, 0.5) is 10.1 Å². The van der Waals surface area contributed by atoms with E-state index in [1.807, 2.05) is 0 Å². The number of carboxylic acid groups (broad SMARTS) is 1. The van der Waals surface area contributed by atoms with E-state index in [4.69, 9.17) is 5.11 Å². The highest BCUT2D eigenvalue weighted by Crippen LogP contribution is 2.15. The van der Waals surface area contributed by atoms with Crippen LogP contribution in [0.1, 0.15) is 6.92 Å². The fraction of sp³-hybridized carbons (Fsp3) is 0.300. The van der Waals surface area contributed by atoms with Crippen LogP contribution in [0.15, 0.2) is 24.3 Å². The van der Waals surface area contributed by atoms with Crippen LogP contribution in [0.2, 0.25) is 0 Å². The molecule has 1 N–H and O–H groups in total. The zero-order chi connectivity index (χ0) is 10.7. The molecule has 0 spiro atoms. The first-order chi connectivity index (χ1) is 6.52. The topological polar surface area (TPSA) is 40.5 Å². The summed E-state index contributed by atoms with van der Waals surface area (Å²) in [7, 11) is 1.66. The van der Waals surface area contributed by atoms with Gasteiger partial charge in [-0.05, 0) is 31.2 Å². The molecule has 4 heteroatoms. The van der Waals surface area contributed by atoms with Crippen molar-refractivity contribution < 1.29 is 14.3 Å². The van der Waals surface area contributed by atoms with E-state index < -0.39 is 12.0 Å². The van der Waals surface area contributed by atoms with Crippen LogP contribution in [0.25, 0.3) is 0 Å². The van der Waals surface area contributed by atoms with Crippen molar-refractivity contribution >= 4 is 11.7 Å². The van der Waals surface area contributed by atoms with Gasteiger partial charge >= 0.3 is 5.97 Å². The van der Waals surface area contributed by atoms with Crippen molar-refractivity contribution in [1.82, 2.24) is 0 Å². The lowest BCUT2D eigenvalue weighted by Crippen LogP contribution is -2.35. The molecule has 76 valence electrons. The zero-order valence-corrected chi connectivity index (χ0v) is 8.07. The summed E-state index contributed by atoms with van der Waals surface area (Å²) in [4.78, 5) is 12.2. The van der Waals surface area contributed by atoms with Gasteiger partial charge in [0.05, 0.1) is 0 Å². The largest absolute Gasteiger partial charge is 0.480 e. The standard InChI is InChI=1S/C10H12FNO2/c1-7(10(13)14)12(2)9-5-3-8(11)4-6-9/h3-7H,1-2H3,(H,13,14)/t7-/m0/s1. The maximum absolute atomic E-state index is 12.6. The summed E-state index contributed by atoms with van der Waals surface area (Å²) in [6, 6.07) is 5.09. The second kappa shape index (κ2) is 4.09. The molecule has 1 rings (SSSR count). The molecule has 14 heavy (non-hydrogen) atoms. The minimum atomic E-state index is -0.906. The number of rotatable bonds is 3. The van der Waals surface area contributed by atoms with E-state index in [9.17, 15) is 9.18 Å². The first kappa shape index (κ1) is 10.5. The van der Waals surface area contributed by atoms with Crippen molar-refractivity contribution in [1.29, 1.82) is 0 Å². The Morgan fingerprint density at radius 1 is 1.43 bits per heavy atom. The number of hydrogen-bond acceptors (Lipinski definition) is 2. The molecule has 0 aromatic heterocycles. The molecule has 0 fully saturated rings. The smallest absolute Gasteiger partial charge is 0.326 e. The third-order valence-electron chi connectivity index (χ3n) is 2.17. The van der Waals surface area contributed by atoms with Crippen LogP contribution >= 0.6 is 0 Å². The Morgan fingerprint density at radius 3 is 2.36 bits per heavy atom. The Kier molecular flexibility index (Phi) is 3.06. The van der Waals surface area contributed by atoms with Gasteiger partial charge in [0, 0.05) is 12.7 Å². The van der Waals surface area contributed by atoms with E-state index in [2.05, 4.69) is 0 Å². The average Bonchev–Trinajstić information content (AvgIpc) is 2.16. The lowest BCUT2D eigenvalue weighted by Gasteiger charge is -2.23. The van der Waals surface area contributed by atoms with Crippen molar-refractivity contribution in [3.63, 3.8) is 0 Å². The van der Waals surface area contributed by atoms with Crippen LogP contribution < -0.4 is 4.90 Å². The molecular weight excluding hydrogens is 185 g/mol. The van der Waals surface area contributed by atoms with Gasteiger partial charge in [-0.2, -0.15) is 0 Å². The van der Waals surface area contributed by atoms with E-state index in [1.54, 1.807) is 31.0 Å². The van der Waals surface area contributed by atoms with Crippen LogP contribution in [0.5, 0.6) is 0 Å². The minimum absolute atomic E-state index is 0.329. The van der Waals surface area contributed by atoms with Gasteiger partial charge in [0.15, 0.2) is 0 Å². The van der Waals surface area contributed by atoms with Gasteiger partial charge in [0.25, 0.3) is 0 Å². The molecule has 0 amide bonds. The minimum Gasteiger partial charge on any atom is -0.480 e. The van der Waals surface area contributed by atoms with E-state index in [0.717, 1.165) is 0 Å². The summed E-state index contributed by atoms with van der Waals surface area (Å²) in [6.07, 6.45) is 0. The average molecular weight is 197 g/mol. The Bertz CT molecular complexity index is 323. The Hall–Kier alpha value is -1.58. The van der Waals surface area contributed by atoms with Crippen molar-refractivity contribution in [3.8, 4) is 0 Å². The number of anilines is 1. The predicted molar refractivity (Wildman–Crippen MR) is 51.9 cm³/mol. The fourth-order valence-corrected chi connectivity index (χ4v) is 1.07. The number of likely N-dealkylation sites (N-methyl/N-ethyl adjacent to an activating group) is 1. The number of carbonyl (C=O) groups is 1. The third kappa shape index (κ3) is 2.22. The monoisotopic (exact) mass is 197 g/mol. The molecule has 0 unspecified atom stereocenters. The van der Waals surface area contributed by atoms with E-state index in [0.29, 0.717) is 5.69 Å². The number of carboxylic acids is 1. The molecule has 0 aliphatic carbocycles. The van der Waals surface area contributed by atoms with Crippen LogP contribution in [-0.2, 0) is 4.79 Å². The van der Waals surface area contributed by atoms with Crippen molar-refractivity contribution in [3.05, 3.63) is 30.1 Å². The van der Waals surface area contributed by atoms with Crippen LogP contribution in [0, 0.1) is 5.82 Å². The van der Waals surface area contributed by atoms with Gasteiger partial charge in [-0.1, -0.05) is 0 Å². The molecule has 1 aromatic carbocycles. The second-order valence-electron chi connectivity index (χ2n) is 3.10. The number of halogens is 1. The lowest BCUT2D eigenvalue weighted by molar-refractivity contribution is -0.138. The number of benzene rings is 1. The maximum atomic E-state index is 12.6. The summed E-state index contributed by atoms with van der Waals surface area (Å²) in [5, 5.41) is 8.75. The van der Waals surface area contributed by atoms with Gasteiger partial charge < -0.3 is 10.0 Å². The normalized spacial score (nSPS) is 12.2. The molecular formula is C10H12FNO2. The molecule has 0 saturated carbocycles. The number of aliphatic carboxylic acids is 1. The summed E-state index contributed by atoms with van der Waals surface area (Å²) in [6.45, 7) is 1.58. The first-order valence-corrected chi connectivity index (χ1v) is 4.23. The first-order valence-electron chi connectivity index (χ1n) is 4.23. The Balaban J connectivity index is 2.84. The molecule has 1 atom stereocenters. The van der Waals surface area contributed by atoms with Crippen LogP contribution in [-0.4, -0.2) is 24.2 Å². The van der Waals surface area contributed by atoms with E-state index in [1.165, 1.54) is 12.1 Å². The van der Waals surface area contributed by atoms with Crippen molar-refractivity contribution in [2.45, 2.75) is 13.0 Å². The third-order valence-corrected chi connectivity index (χ3v) is 2.17. The zero-order valence-electron chi connectivity index (χ0n) is 8.07. The maximum Gasteiger partial charge on any atom is 0.326 e. The van der Waals surface area contributed by atoms with Crippen molar-refractivity contribution in [2.24, 2.45) is 0 Å². The second-order valence-corrected chi connectivity index (χ2v) is 3.10. The molecule has 0 radical (unpaired) electrons. The van der Waals surface area contributed by atoms with E-state index in [-0.39, 0.29) is 5.82 Å².